The van der Waals surface area contributed by atoms with Crippen LogP contribution in [-0.4, -0.2) is 26.0 Å². The Morgan fingerprint density at radius 1 is 1.13 bits per heavy atom. The molecule has 0 bridgehead atoms. The third-order valence-electron chi connectivity index (χ3n) is 4.48. The number of benzene rings is 1. The largest absolute Gasteiger partial charge is 0.417 e. The fraction of sp³-hybridized carbons (Fsp3) is 0.429. The Balaban J connectivity index is 2.01. The van der Waals surface area contributed by atoms with Gasteiger partial charge in [-0.15, -0.1) is 0 Å². The molecule has 3 rings (SSSR count). The van der Waals surface area contributed by atoms with Crippen molar-refractivity contribution in [3.63, 3.8) is 0 Å². The molecule has 0 aliphatic carbocycles. The van der Waals surface area contributed by atoms with Gasteiger partial charge in [-0.1, -0.05) is 32.4 Å². The number of H-pyrrole nitrogens is 1. The second-order valence-electron chi connectivity index (χ2n) is 9.44. The molecule has 10 heteroatoms. The molecule has 0 unspecified atom stereocenters. The Morgan fingerprint density at radius 2 is 1.77 bits per heavy atom. The Kier molecular flexibility index (Phi) is 5.54. The van der Waals surface area contributed by atoms with E-state index in [9.17, 15) is 18.0 Å². The van der Waals surface area contributed by atoms with Crippen LogP contribution in [0.25, 0.3) is 5.65 Å². The number of carbonyl (C=O) groups excluding carboxylic acids is 1. The van der Waals surface area contributed by atoms with Crippen LogP contribution >= 0.6 is 11.6 Å². The minimum Gasteiger partial charge on any atom is -0.364 e. The average molecular weight is 456 g/mol. The van der Waals surface area contributed by atoms with E-state index in [-0.39, 0.29) is 22.2 Å². The lowest BCUT2D eigenvalue weighted by molar-refractivity contribution is -0.137. The molecule has 31 heavy (non-hydrogen) atoms. The zero-order valence-corrected chi connectivity index (χ0v) is 18.9. The van der Waals surface area contributed by atoms with E-state index < -0.39 is 22.7 Å². The fourth-order valence-corrected chi connectivity index (χ4v) is 3.34. The molecule has 2 heterocycles. The third kappa shape index (κ3) is 4.81. The minimum absolute atomic E-state index is 0.0169. The summed E-state index contributed by atoms with van der Waals surface area (Å²) < 4.78 is 41.0. The van der Waals surface area contributed by atoms with Crippen LogP contribution in [0.3, 0.4) is 0 Å². The normalized spacial score (nSPS) is 13.0. The van der Waals surface area contributed by atoms with Crippen molar-refractivity contribution in [2.24, 2.45) is 0 Å². The van der Waals surface area contributed by atoms with E-state index >= 15 is 0 Å². The topological polar surface area (TPSA) is 74.2 Å². The van der Waals surface area contributed by atoms with Gasteiger partial charge in [0.1, 0.15) is 17.0 Å². The number of fused-ring (bicyclic) bond motifs is 1. The van der Waals surface area contributed by atoms with Crippen molar-refractivity contribution in [1.29, 1.82) is 0 Å². The summed E-state index contributed by atoms with van der Waals surface area (Å²) in [5.74, 6) is 0.134. The summed E-state index contributed by atoms with van der Waals surface area (Å²) in [6.07, 6.45) is -3.25. The number of carbonyl (C=O) groups is 1. The molecule has 0 aliphatic rings. The van der Waals surface area contributed by atoms with E-state index in [1.807, 2.05) is 41.5 Å². The van der Waals surface area contributed by atoms with E-state index in [4.69, 9.17) is 11.6 Å². The molecule has 6 nitrogen and oxygen atoms in total. The summed E-state index contributed by atoms with van der Waals surface area (Å²) in [7, 11) is 0. The highest BCUT2D eigenvalue weighted by atomic mass is 35.5. The summed E-state index contributed by atoms with van der Waals surface area (Å²) in [5, 5.41) is 9.81. The van der Waals surface area contributed by atoms with E-state index in [0.717, 1.165) is 23.6 Å². The monoisotopic (exact) mass is 455 g/mol. The number of anilines is 2. The molecule has 3 N–H and O–H groups in total. The number of hydrogen-bond acceptors (Lipinski definition) is 3. The second-order valence-corrected chi connectivity index (χ2v) is 9.85. The summed E-state index contributed by atoms with van der Waals surface area (Å²) >= 11 is 5.65. The standard InChI is InChI=1S/C21H25ClF3N5O/c1-19(2,3)15-17(29-20(4,5)6)30-16(28-15)12(10-26-30)18(31)27-11-7-8-14(22)13(9-11)21(23,24)25/h7-10,28-29H,1-6H3,(H,27,31). The molecule has 1 amide bonds. The van der Waals surface area contributed by atoms with Gasteiger partial charge in [-0.2, -0.15) is 22.8 Å². The highest BCUT2D eigenvalue weighted by Gasteiger charge is 2.34. The van der Waals surface area contributed by atoms with Crippen LogP contribution in [0.15, 0.2) is 24.4 Å². The zero-order valence-electron chi connectivity index (χ0n) is 18.1. The first-order valence-electron chi connectivity index (χ1n) is 9.64. The highest BCUT2D eigenvalue weighted by Crippen LogP contribution is 2.36. The van der Waals surface area contributed by atoms with E-state index in [2.05, 4.69) is 20.7 Å². The lowest BCUT2D eigenvalue weighted by Crippen LogP contribution is -2.29. The van der Waals surface area contributed by atoms with Gasteiger partial charge in [-0.25, -0.2) is 0 Å². The number of amides is 1. The van der Waals surface area contributed by atoms with Gasteiger partial charge in [0.15, 0.2) is 0 Å². The van der Waals surface area contributed by atoms with Crippen LogP contribution in [0, 0.1) is 0 Å². The quantitative estimate of drug-likeness (QED) is 0.447. The fourth-order valence-electron chi connectivity index (χ4n) is 3.12. The van der Waals surface area contributed by atoms with Gasteiger partial charge in [0.25, 0.3) is 5.91 Å². The third-order valence-corrected chi connectivity index (χ3v) is 4.81. The summed E-state index contributed by atoms with van der Waals surface area (Å²) in [4.78, 5) is 16.1. The van der Waals surface area contributed by atoms with Crippen LogP contribution in [0.1, 0.15) is 63.2 Å². The van der Waals surface area contributed by atoms with Crippen molar-refractivity contribution >= 4 is 34.7 Å². The second kappa shape index (κ2) is 7.47. The maximum atomic E-state index is 13.1. The SMILES string of the molecule is CC(C)(C)Nc1c(C(C)(C)C)[nH]c2c(C(=O)Nc3ccc(Cl)c(C(F)(F)F)c3)cnn12. The minimum atomic E-state index is -4.63. The molecule has 0 saturated carbocycles. The van der Waals surface area contributed by atoms with Crippen LogP contribution < -0.4 is 10.6 Å². The first kappa shape index (κ1) is 23.0. The predicted molar refractivity (Wildman–Crippen MR) is 116 cm³/mol. The van der Waals surface area contributed by atoms with Gasteiger partial charge >= 0.3 is 6.18 Å². The van der Waals surface area contributed by atoms with Crippen molar-refractivity contribution < 1.29 is 18.0 Å². The number of alkyl halides is 3. The lowest BCUT2D eigenvalue weighted by atomic mass is 9.91. The van der Waals surface area contributed by atoms with Gasteiger partial charge in [0.05, 0.1) is 22.5 Å². The van der Waals surface area contributed by atoms with Gasteiger partial charge in [0.2, 0.25) is 0 Å². The Morgan fingerprint density at radius 3 is 2.32 bits per heavy atom. The molecule has 1 aromatic carbocycles. The number of imidazole rings is 1. The number of nitrogens with one attached hydrogen (secondary N) is 3. The van der Waals surface area contributed by atoms with Gasteiger partial charge < -0.3 is 15.6 Å². The van der Waals surface area contributed by atoms with Crippen LogP contribution in [0.2, 0.25) is 5.02 Å². The van der Waals surface area contributed by atoms with Gasteiger partial charge in [-0.05, 0) is 39.0 Å². The number of rotatable bonds is 3. The number of aromatic amines is 1. The molecular weight excluding hydrogens is 431 g/mol. The van der Waals surface area contributed by atoms with Crippen LogP contribution in [0.4, 0.5) is 24.7 Å². The molecule has 0 spiro atoms. The molecular formula is C21H25ClF3N5O. The Bertz CT molecular complexity index is 1130. The highest BCUT2D eigenvalue weighted by molar-refractivity contribution is 6.31. The molecule has 0 radical (unpaired) electrons. The van der Waals surface area contributed by atoms with E-state index in [1.165, 1.54) is 12.3 Å². The van der Waals surface area contributed by atoms with E-state index in [0.29, 0.717) is 5.65 Å². The summed E-state index contributed by atoms with van der Waals surface area (Å²) in [6, 6.07) is 3.23. The van der Waals surface area contributed by atoms with Crippen LogP contribution in [-0.2, 0) is 11.6 Å². The average Bonchev–Trinajstić information content (AvgIpc) is 3.14. The molecule has 0 atom stereocenters. The van der Waals surface area contributed by atoms with Crippen molar-refractivity contribution in [3.05, 3.63) is 46.2 Å². The predicted octanol–water partition coefficient (Wildman–Crippen LogP) is 6.09. The Hall–Kier alpha value is -2.68. The molecule has 168 valence electrons. The maximum Gasteiger partial charge on any atom is 0.417 e. The van der Waals surface area contributed by atoms with Crippen molar-refractivity contribution in [3.8, 4) is 0 Å². The number of hydrogen-bond donors (Lipinski definition) is 3. The van der Waals surface area contributed by atoms with Crippen LogP contribution in [0.5, 0.6) is 0 Å². The number of aromatic nitrogens is 3. The van der Waals surface area contributed by atoms with Crippen molar-refractivity contribution in [2.45, 2.75) is 58.7 Å². The first-order valence-corrected chi connectivity index (χ1v) is 10.0. The lowest BCUT2D eigenvalue weighted by Gasteiger charge is -2.25. The van der Waals surface area contributed by atoms with Gasteiger partial charge in [0, 0.05) is 16.6 Å². The smallest absolute Gasteiger partial charge is 0.364 e. The maximum absolute atomic E-state index is 13.1. The Labute approximate surface area is 183 Å². The zero-order chi connectivity index (χ0) is 23.4. The van der Waals surface area contributed by atoms with Crippen molar-refractivity contribution in [1.82, 2.24) is 14.6 Å². The van der Waals surface area contributed by atoms with E-state index in [1.54, 1.807) is 4.52 Å². The molecule has 3 aromatic rings. The first-order chi connectivity index (χ1) is 14.1. The number of nitrogens with zero attached hydrogens (tertiary/aromatic N) is 2. The molecule has 0 saturated heterocycles. The summed E-state index contributed by atoms with van der Waals surface area (Å²) in [6.45, 7) is 12.1. The summed E-state index contributed by atoms with van der Waals surface area (Å²) in [5.41, 5.74) is -0.0726. The van der Waals surface area contributed by atoms with Gasteiger partial charge in [-0.3, -0.25) is 4.79 Å². The molecule has 2 aromatic heterocycles. The number of halogens is 4. The van der Waals surface area contributed by atoms with Crippen molar-refractivity contribution in [2.75, 3.05) is 10.6 Å². The molecule has 0 fully saturated rings. The molecule has 0 aliphatic heterocycles.